The van der Waals surface area contributed by atoms with Gasteiger partial charge in [-0.25, -0.2) is 0 Å². The highest BCUT2D eigenvalue weighted by Crippen LogP contribution is 2.32. The van der Waals surface area contributed by atoms with Gasteiger partial charge in [-0.1, -0.05) is 6.07 Å². The van der Waals surface area contributed by atoms with Gasteiger partial charge in [0.25, 0.3) is 0 Å². The average Bonchev–Trinajstić information content (AvgIpc) is 2.48. The lowest BCUT2D eigenvalue weighted by Crippen LogP contribution is -2.33. The number of nitrogens with zero attached hydrogens (tertiary/aromatic N) is 3. The molecular weight excluding hydrogens is 306 g/mol. The largest absolute Gasteiger partial charge is 0.416 e. The second-order valence-corrected chi connectivity index (χ2v) is 5.27. The molecule has 0 fully saturated rings. The van der Waals surface area contributed by atoms with Gasteiger partial charge in [-0.2, -0.15) is 18.4 Å². The fourth-order valence-corrected chi connectivity index (χ4v) is 2.03. The first-order valence-corrected chi connectivity index (χ1v) is 6.82. The molecular formula is C15H17BF3N3O. The van der Waals surface area contributed by atoms with Gasteiger partial charge in [0.15, 0.2) is 0 Å². The first-order chi connectivity index (χ1) is 10.6. The van der Waals surface area contributed by atoms with Crippen LogP contribution in [-0.4, -0.2) is 39.2 Å². The number of carbonyl (C=O) groups is 1. The summed E-state index contributed by atoms with van der Waals surface area (Å²) in [4.78, 5) is 14.2. The maximum absolute atomic E-state index is 12.8. The van der Waals surface area contributed by atoms with Crippen LogP contribution in [0.3, 0.4) is 0 Å². The van der Waals surface area contributed by atoms with Gasteiger partial charge in [-0.05, 0) is 39.2 Å². The molecule has 0 spiro atoms. The van der Waals surface area contributed by atoms with Crippen molar-refractivity contribution in [3.8, 4) is 6.07 Å². The topological polar surface area (TPSA) is 47.3 Å². The first-order valence-electron chi connectivity index (χ1n) is 6.82. The highest BCUT2D eigenvalue weighted by Gasteiger charge is 2.31. The van der Waals surface area contributed by atoms with Crippen LogP contribution in [-0.2, 0) is 11.0 Å². The number of benzene rings is 1. The molecule has 122 valence electrons. The highest BCUT2D eigenvalue weighted by atomic mass is 19.4. The van der Waals surface area contributed by atoms with Crippen LogP contribution in [0.25, 0.3) is 0 Å². The number of halogens is 3. The number of anilines is 1. The fraction of sp³-hybridized carbons (Fsp3) is 0.333. The van der Waals surface area contributed by atoms with Crippen molar-refractivity contribution in [2.45, 2.75) is 19.0 Å². The minimum atomic E-state index is -4.50. The number of alkyl halides is 3. The molecule has 0 saturated heterocycles. The molecule has 1 amide bonds. The maximum atomic E-state index is 12.8. The maximum Gasteiger partial charge on any atom is 0.416 e. The average molecular weight is 323 g/mol. The molecule has 1 atom stereocenters. The predicted molar refractivity (Wildman–Crippen MR) is 84.3 cm³/mol. The first kappa shape index (κ1) is 18.8. The molecule has 0 aliphatic heterocycles. The molecule has 1 aromatic rings. The molecule has 1 unspecified atom stereocenters. The third-order valence-corrected chi connectivity index (χ3v) is 3.62. The summed E-state index contributed by atoms with van der Waals surface area (Å²) in [6.07, 6.45) is -4.10. The molecule has 0 N–H and O–H groups in total. The summed E-state index contributed by atoms with van der Waals surface area (Å²) >= 11 is 0. The summed E-state index contributed by atoms with van der Waals surface area (Å²) in [5.74, 6) is -0.284. The zero-order chi connectivity index (χ0) is 17.8. The van der Waals surface area contributed by atoms with Crippen molar-refractivity contribution in [3.05, 3.63) is 41.1 Å². The lowest BCUT2D eigenvalue weighted by atomic mass is 9.87. The molecule has 0 aliphatic carbocycles. The Morgan fingerprint density at radius 3 is 2.43 bits per heavy atom. The van der Waals surface area contributed by atoms with E-state index in [1.54, 1.807) is 26.8 Å². The van der Waals surface area contributed by atoms with E-state index in [9.17, 15) is 23.2 Å². The number of carbonyl (C=O) groups excluding carboxylic acids is 1. The normalized spacial score (nSPS) is 14.0. The zero-order valence-electron chi connectivity index (χ0n) is 13.3. The number of amides is 1. The molecule has 0 saturated carbocycles. The summed E-state index contributed by atoms with van der Waals surface area (Å²) in [5, 5.41) is 9.33. The summed E-state index contributed by atoms with van der Waals surface area (Å²) < 4.78 is 38.5. The number of rotatable bonds is 5. The van der Waals surface area contributed by atoms with E-state index in [0.717, 1.165) is 17.0 Å². The Morgan fingerprint density at radius 2 is 2.00 bits per heavy atom. The molecule has 1 aromatic carbocycles. The van der Waals surface area contributed by atoms with Crippen molar-refractivity contribution in [1.82, 2.24) is 4.90 Å². The Morgan fingerprint density at radius 1 is 1.39 bits per heavy atom. The van der Waals surface area contributed by atoms with Crippen molar-refractivity contribution in [3.63, 3.8) is 0 Å². The Labute approximate surface area is 134 Å². The van der Waals surface area contributed by atoms with Gasteiger partial charge in [-0.15, -0.1) is 0 Å². The van der Waals surface area contributed by atoms with E-state index >= 15 is 0 Å². The van der Waals surface area contributed by atoms with Crippen LogP contribution in [0.2, 0.25) is 0 Å². The second kappa shape index (κ2) is 7.33. The molecule has 0 aromatic heterocycles. The smallest absolute Gasteiger partial charge is 0.309 e. The monoisotopic (exact) mass is 323 g/mol. The Balaban J connectivity index is 3.38. The van der Waals surface area contributed by atoms with Crippen LogP contribution in [0.5, 0.6) is 0 Å². The molecule has 0 bridgehead atoms. The molecule has 8 heteroatoms. The molecule has 23 heavy (non-hydrogen) atoms. The molecule has 0 radical (unpaired) electrons. The van der Waals surface area contributed by atoms with E-state index in [2.05, 4.69) is 0 Å². The van der Waals surface area contributed by atoms with Crippen molar-refractivity contribution < 1.29 is 18.0 Å². The van der Waals surface area contributed by atoms with Gasteiger partial charge in [-0.3, -0.25) is 9.69 Å². The standard InChI is InChI=1S/C15H17BF3N3O/c1-10(13(8-20)14(16)21(2)3)22(9-23)12-6-4-5-11(7-12)15(17,18)19/h4-7,9,14H,16H2,1-3H3/b13-10-. The molecule has 1 rings (SSSR count). The summed E-state index contributed by atoms with van der Waals surface area (Å²) in [7, 11) is 5.31. The lowest BCUT2D eigenvalue weighted by molar-refractivity contribution is -0.137. The van der Waals surface area contributed by atoms with E-state index in [4.69, 9.17) is 0 Å². The van der Waals surface area contributed by atoms with Crippen molar-refractivity contribution in [2.24, 2.45) is 0 Å². The molecule has 0 heterocycles. The van der Waals surface area contributed by atoms with E-state index < -0.39 is 11.7 Å². The summed E-state index contributed by atoms with van der Waals surface area (Å²) in [6.45, 7) is 1.53. The van der Waals surface area contributed by atoms with Crippen LogP contribution in [0.1, 0.15) is 12.5 Å². The zero-order valence-corrected chi connectivity index (χ0v) is 13.3. The van der Waals surface area contributed by atoms with Crippen molar-refractivity contribution in [2.75, 3.05) is 19.0 Å². The van der Waals surface area contributed by atoms with Crippen LogP contribution in [0, 0.1) is 11.3 Å². The molecule has 4 nitrogen and oxygen atoms in total. The van der Waals surface area contributed by atoms with Crippen LogP contribution in [0.15, 0.2) is 35.5 Å². The highest BCUT2D eigenvalue weighted by molar-refractivity contribution is 6.14. The number of likely N-dealkylation sites (N-methyl/N-ethyl adjacent to an activating group) is 1. The number of nitriles is 1. The number of allylic oxidation sites excluding steroid dienone is 1. The lowest BCUT2D eigenvalue weighted by Gasteiger charge is -2.25. The predicted octanol–water partition coefficient (Wildman–Crippen LogP) is 1.99. The minimum absolute atomic E-state index is 0.0611. The van der Waals surface area contributed by atoms with E-state index in [1.165, 1.54) is 19.1 Å². The van der Waals surface area contributed by atoms with Crippen LogP contribution < -0.4 is 4.90 Å². The second-order valence-electron chi connectivity index (χ2n) is 5.27. The Kier molecular flexibility index (Phi) is 5.99. The van der Waals surface area contributed by atoms with E-state index in [-0.39, 0.29) is 11.6 Å². The number of hydrogen-bond acceptors (Lipinski definition) is 3. The van der Waals surface area contributed by atoms with Gasteiger partial charge in [0.2, 0.25) is 6.41 Å². The Bertz CT molecular complexity index is 650. The van der Waals surface area contributed by atoms with Gasteiger partial charge >= 0.3 is 6.18 Å². The van der Waals surface area contributed by atoms with Gasteiger partial charge in [0.1, 0.15) is 7.85 Å². The molecule has 0 aliphatic rings. The minimum Gasteiger partial charge on any atom is -0.309 e. The van der Waals surface area contributed by atoms with Gasteiger partial charge in [0.05, 0.1) is 17.2 Å². The summed E-state index contributed by atoms with van der Waals surface area (Å²) in [6, 6.07) is 6.46. The van der Waals surface area contributed by atoms with E-state index in [1.807, 2.05) is 6.07 Å². The fourth-order valence-electron chi connectivity index (χ4n) is 2.03. The summed E-state index contributed by atoms with van der Waals surface area (Å²) in [5.41, 5.74) is -0.192. The van der Waals surface area contributed by atoms with Crippen LogP contribution in [0.4, 0.5) is 18.9 Å². The quantitative estimate of drug-likeness (QED) is 0.473. The van der Waals surface area contributed by atoms with Crippen molar-refractivity contribution in [1.29, 1.82) is 5.26 Å². The number of hydrogen-bond donors (Lipinski definition) is 0. The van der Waals surface area contributed by atoms with Crippen LogP contribution >= 0.6 is 0 Å². The van der Waals surface area contributed by atoms with Gasteiger partial charge in [0, 0.05) is 17.3 Å². The van der Waals surface area contributed by atoms with Crippen molar-refractivity contribution >= 4 is 19.9 Å². The van der Waals surface area contributed by atoms with E-state index in [0.29, 0.717) is 17.7 Å². The Hall–Kier alpha value is -2.27. The SMILES string of the molecule is BC(/C(C#N)=C(/C)N(C=O)c1cccc(C(F)(F)F)c1)N(C)C. The van der Waals surface area contributed by atoms with Gasteiger partial charge < -0.3 is 4.90 Å². The third-order valence-electron chi connectivity index (χ3n) is 3.62. The third kappa shape index (κ3) is 4.36.